The van der Waals surface area contributed by atoms with Crippen molar-refractivity contribution in [3.05, 3.63) is 95.3 Å². The molecule has 1 N–H and O–H groups in total. The Morgan fingerprint density at radius 1 is 0.950 bits per heavy atom. The Morgan fingerprint density at radius 3 is 2.20 bits per heavy atom. The van der Waals surface area contributed by atoms with Gasteiger partial charge in [-0.3, -0.25) is 13.9 Å². The molecule has 3 aromatic carbocycles. The van der Waals surface area contributed by atoms with Crippen molar-refractivity contribution in [3.8, 4) is 0 Å². The molecule has 1 saturated carbocycles. The molecule has 0 bridgehead atoms. The van der Waals surface area contributed by atoms with Gasteiger partial charge in [0, 0.05) is 17.6 Å². The summed E-state index contributed by atoms with van der Waals surface area (Å²) in [6.07, 6.45) is 4.96. The van der Waals surface area contributed by atoms with E-state index >= 15 is 0 Å². The van der Waals surface area contributed by atoms with E-state index in [9.17, 15) is 22.4 Å². The number of benzene rings is 3. The second kappa shape index (κ2) is 13.3. The fraction of sp³-hybridized carbons (Fsp3) is 0.333. The second-order valence-electron chi connectivity index (χ2n) is 9.97. The minimum Gasteiger partial charge on any atom is -0.352 e. The number of rotatable bonds is 10. The lowest BCUT2D eigenvalue weighted by Gasteiger charge is -2.33. The van der Waals surface area contributed by atoms with Crippen molar-refractivity contribution in [3.63, 3.8) is 0 Å². The molecule has 3 aromatic rings. The highest BCUT2D eigenvalue weighted by molar-refractivity contribution is 7.92. The van der Waals surface area contributed by atoms with Crippen molar-refractivity contribution in [2.45, 2.75) is 62.6 Å². The first-order valence-electron chi connectivity index (χ1n) is 13.3. The van der Waals surface area contributed by atoms with Gasteiger partial charge in [-0.25, -0.2) is 12.8 Å². The van der Waals surface area contributed by atoms with Crippen LogP contribution in [-0.4, -0.2) is 43.8 Å². The maximum atomic E-state index is 13.9. The Balaban J connectivity index is 1.65. The molecular formula is C30H33ClFN3O4S. The smallest absolute Gasteiger partial charge is 0.264 e. The van der Waals surface area contributed by atoms with E-state index in [1.807, 2.05) is 0 Å². The van der Waals surface area contributed by atoms with Crippen LogP contribution in [0.1, 0.15) is 44.6 Å². The SMILES string of the molecule is C[C@@H](C(=O)NC1CCCCC1)N(Cc1ccc(F)cc1)C(=O)CN(c1ccc(Cl)cc1)S(=O)(=O)c1ccccc1. The number of sulfonamides is 1. The largest absolute Gasteiger partial charge is 0.352 e. The Labute approximate surface area is 240 Å². The van der Waals surface area contributed by atoms with Gasteiger partial charge in [0.25, 0.3) is 10.0 Å². The highest BCUT2D eigenvalue weighted by Crippen LogP contribution is 2.26. The van der Waals surface area contributed by atoms with Crippen LogP contribution in [0.4, 0.5) is 10.1 Å². The number of halogens is 2. The first-order valence-corrected chi connectivity index (χ1v) is 15.1. The summed E-state index contributed by atoms with van der Waals surface area (Å²) >= 11 is 6.05. The third-order valence-corrected chi connectivity index (χ3v) is 9.15. The topological polar surface area (TPSA) is 86.8 Å². The Kier molecular flexibility index (Phi) is 9.81. The molecule has 4 rings (SSSR count). The van der Waals surface area contributed by atoms with E-state index in [0.29, 0.717) is 10.6 Å². The first-order chi connectivity index (χ1) is 19.1. The van der Waals surface area contributed by atoms with Crippen LogP contribution in [0.15, 0.2) is 83.8 Å². The summed E-state index contributed by atoms with van der Waals surface area (Å²) in [5.41, 5.74) is 0.860. The zero-order chi connectivity index (χ0) is 28.7. The number of hydrogen-bond donors (Lipinski definition) is 1. The van der Waals surface area contributed by atoms with Gasteiger partial charge >= 0.3 is 0 Å². The first kappa shape index (κ1) is 29.6. The molecule has 2 amide bonds. The van der Waals surface area contributed by atoms with Crippen molar-refractivity contribution in [2.75, 3.05) is 10.8 Å². The van der Waals surface area contributed by atoms with Crippen LogP contribution in [0.3, 0.4) is 0 Å². The number of carbonyl (C=O) groups excluding carboxylic acids is 2. The number of anilines is 1. The maximum Gasteiger partial charge on any atom is 0.264 e. The third-order valence-electron chi connectivity index (χ3n) is 7.11. The highest BCUT2D eigenvalue weighted by atomic mass is 35.5. The molecule has 0 radical (unpaired) electrons. The molecule has 0 spiro atoms. The number of nitrogens with one attached hydrogen (secondary N) is 1. The molecule has 0 heterocycles. The number of hydrogen-bond acceptors (Lipinski definition) is 4. The third kappa shape index (κ3) is 7.40. The fourth-order valence-electron chi connectivity index (χ4n) is 4.79. The molecule has 1 atom stereocenters. The Hall–Kier alpha value is -3.43. The van der Waals surface area contributed by atoms with Crippen LogP contribution in [0.5, 0.6) is 0 Å². The van der Waals surface area contributed by atoms with Gasteiger partial charge in [-0.15, -0.1) is 0 Å². The van der Waals surface area contributed by atoms with E-state index < -0.39 is 34.3 Å². The number of nitrogens with zero attached hydrogens (tertiary/aromatic N) is 2. The summed E-state index contributed by atoms with van der Waals surface area (Å²) in [4.78, 5) is 28.6. The van der Waals surface area contributed by atoms with Crippen molar-refractivity contribution in [1.29, 1.82) is 0 Å². The molecule has 212 valence electrons. The van der Waals surface area contributed by atoms with Gasteiger partial charge in [0.05, 0.1) is 10.6 Å². The van der Waals surface area contributed by atoms with Crippen LogP contribution >= 0.6 is 11.6 Å². The van der Waals surface area contributed by atoms with Crippen molar-refractivity contribution < 1.29 is 22.4 Å². The molecule has 0 aliphatic heterocycles. The van der Waals surface area contributed by atoms with E-state index in [1.165, 1.54) is 41.3 Å². The molecule has 1 fully saturated rings. The summed E-state index contributed by atoms with van der Waals surface area (Å²) in [7, 11) is -4.15. The van der Waals surface area contributed by atoms with Gasteiger partial charge in [-0.2, -0.15) is 0 Å². The Morgan fingerprint density at radius 2 is 1.57 bits per heavy atom. The van der Waals surface area contributed by atoms with Crippen molar-refractivity contribution in [1.82, 2.24) is 10.2 Å². The van der Waals surface area contributed by atoms with E-state index in [4.69, 9.17) is 11.6 Å². The zero-order valence-electron chi connectivity index (χ0n) is 22.3. The van der Waals surface area contributed by atoms with Gasteiger partial charge in [0.15, 0.2) is 0 Å². The lowest BCUT2D eigenvalue weighted by Crippen LogP contribution is -2.53. The van der Waals surface area contributed by atoms with Gasteiger partial charge in [-0.05, 0) is 73.9 Å². The number of amides is 2. The minimum atomic E-state index is -4.15. The molecule has 7 nitrogen and oxygen atoms in total. The van der Waals surface area contributed by atoms with E-state index in [-0.39, 0.29) is 29.1 Å². The summed E-state index contributed by atoms with van der Waals surface area (Å²) in [5.74, 6) is -1.32. The second-order valence-corrected chi connectivity index (χ2v) is 12.3. The summed E-state index contributed by atoms with van der Waals surface area (Å²) < 4.78 is 42.1. The van der Waals surface area contributed by atoms with Crippen molar-refractivity contribution in [2.24, 2.45) is 0 Å². The summed E-state index contributed by atoms with van der Waals surface area (Å²) in [6, 6.07) is 18.8. The van der Waals surface area contributed by atoms with Crippen LogP contribution < -0.4 is 9.62 Å². The average molecular weight is 586 g/mol. The molecule has 40 heavy (non-hydrogen) atoms. The van der Waals surface area contributed by atoms with Gasteiger partial charge < -0.3 is 10.2 Å². The van der Waals surface area contributed by atoms with Crippen LogP contribution in [0, 0.1) is 5.82 Å². The molecular weight excluding hydrogens is 553 g/mol. The van der Waals surface area contributed by atoms with E-state index in [1.54, 1.807) is 49.4 Å². The molecule has 0 aromatic heterocycles. The maximum absolute atomic E-state index is 13.9. The van der Waals surface area contributed by atoms with Crippen molar-refractivity contribution >= 4 is 39.1 Å². The highest BCUT2D eigenvalue weighted by Gasteiger charge is 2.33. The minimum absolute atomic E-state index is 0.00178. The lowest BCUT2D eigenvalue weighted by atomic mass is 9.95. The molecule has 0 unspecified atom stereocenters. The lowest BCUT2D eigenvalue weighted by molar-refractivity contribution is -0.139. The quantitative estimate of drug-likeness (QED) is 0.338. The predicted molar refractivity (Wildman–Crippen MR) is 154 cm³/mol. The predicted octanol–water partition coefficient (Wildman–Crippen LogP) is 5.54. The Bertz CT molecular complexity index is 1400. The zero-order valence-corrected chi connectivity index (χ0v) is 23.9. The van der Waals surface area contributed by atoms with Gasteiger partial charge in [-0.1, -0.05) is 61.2 Å². The standard InChI is InChI=1S/C30H33ClFN3O4S/c1-22(30(37)33-26-8-4-2-5-9-26)34(20-23-12-16-25(32)17-13-23)29(36)21-35(27-18-14-24(31)15-19-27)40(38,39)28-10-6-3-7-11-28/h3,6-7,10-19,22,26H,2,4-5,8-9,20-21H2,1H3,(H,33,37)/t22-/m0/s1. The van der Waals surface area contributed by atoms with Gasteiger partial charge in [0.2, 0.25) is 11.8 Å². The van der Waals surface area contributed by atoms with Crippen LogP contribution in [0.2, 0.25) is 5.02 Å². The van der Waals surface area contributed by atoms with E-state index in [2.05, 4.69) is 5.32 Å². The molecule has 10 heteroatoms. The monoisotopic (exact) mass is 585 g/mol. The molecule has 1 aliphatic carbocycles. The van der Waals surface area contributed by atoms with Gasteiger partial charge in [0.1, 0.15) is 18.4 Å². The van der Waals surface area contributed by atoms with E-state index in [0.717, 1.165) is 36.4 Å². The normalized spacial score (nSPS) is 14.8. The molecule has 1 aliphatic rings. The summed E-state index contributed by atoms with van der Waals surface area (Å²) in [6.45, 7) is 1.07. The summed E-state index contributed by atoms with van der Waals surface area (Å²) in [5, 5.41) is 3.47. The fourth-order valence-corrected chi connectivity index (χ4v) is 6.35. The molecule has 0 saturated heterocycles. The van der Waals surface area contributed by atoms with Crippen LogP contribution in [0.25, 0.3) is 0 Å². The average Bonchev–Trinajstić information content (AvgIpc) is 2.96. The number of carbonyl (C=O) groups is 2. The van der Waals surface area contributed by atoms with Crippen LogP contribution in [-0.2, 0) is 26.2 Å².